The molecule has 0 bridgehead atoms. The van der Waals surface area contributed by atoms with Crippen molar-refractivity contribution in [1.29, 1.82) is 0 Å². The lowest BCUT2D eigenvalue weighted by atomic mass is 10.1. The van der Waals surface area contributed by atoms with Crippen molar-refractivity contribution in [2.24, 2.45) is 0 Å². The Kier molecular flexibility index (Phi) is 5.65. The zero-order valence-electron chi connectivity index (χ0n) is 14.1. The molecule has 3 rings (SSSR count). The molecule has 2 aliphatic heterocycles. The molecule has 2 aliphatic rings. The summed E-state index contributed by atoms with van der Waals surface area (Å²) in [6, 6.07) is 5.05. The van der Waals surface area contributed by atoms with Gasteiger partial charge in [0.1, 0.15) is 0 Å². The van der Waals surface area contributed by atoms with E-state index < -0.39 is 0 Å². The predicted molar refractivity (Wildman–Crippen MR) is 91.4 cm³/mol. The number of benzene rings is 1. The molecule has 1 aromatic rings. The largest absolute Gasteiger partial charge is 0.380 e. The van der Waals surface area contributed by atoms with Crippen LogP contribution in [0.3, 0.4) is 0 Å². The summed E-state index contributed by atoms with van der Waals surface area (Å²) in [6.45, 7) is 6.11. The van der Waals surface area contributed by atoms with Crippen LogP contribution in [0.4, 0.5) is 11.4 Å². The lowest BCUT2D eigenvalue weighted by molar-refractivity contribution is -0.384. The summed E-state index contributed by atoms with van der Waals surface area (Å²) in [4.78, 5) is 15.4. The van der Waals surface area contributed by atoms with Gasteiger partial charge in [0.15, 0.2) is 0 Å². The lowest BCUT2D eigenvalue weighted by Crippen LogP contribution is -2.48. The van der Waals surface area contributed by atoms with Crippen LogP contribution in [0, 0.1) is 10.1 Å². The van der Waals surface area contributed by atoms with Crippen molar-refractivity contribution in [2.75, 3.05) is 51.3 Å². The van der Waals surface area contributed by atoms with E-state index in [1.165, 1.54) is 12.8 Å². The highest BCUT2D eigenvalue weighted by Gasteiger charge is 2.24. The molecule has 0 N–H and O–H groups in total. The van der Waals surface area contributed by atoms with Gasteiger partial charge in [0.2, 0.25) is 0 Å². The van der Waals surface area contributed by atoms with Crippen molar-refractivity contribution in [2.45, 2.75) is 25.6 Å². The van der Waals surface area contributed by atoms with Gasteiger partial charge in [-0.3, -0.25) is 15.0 Å². The summed E-state index contributed by atoms with van der Waals surface area (Å²) in [5, 5.41) is 11.0. The number of nitrogens with zero attached hydrogens (tertiary/aromatic N) is 3. The Balaban J connectivity index is 1.63. The van der Waals surface area contributed by atoms with E-state index in [0.29, 0.717) is 12.7 Å². The number of methoxy groups -OCH3 is 1. The molecule has 0 aromatic heterocycles. The van der Waals surface area contributed by atoms with Crippen LogP contribution in [-0.2, 0) is 16.1 Å². The van der Waals surface area contributed by atoms with E-state index in [9.17, 15) is 10.1 Å². The number of ether oxygens (including phenoxy) is 2. The van der Waals surface area contributed by atoms with Gasteiger partial charge in [-0.05, 0) is 18.9 Å². The zero-order valence-corrected chi connectivity index (χ0v) is 14.1. The average Bonchev–Trinajstić information content (AvgIpc) is 3.09. The highest BCUT2D eigenvalue weighted by Crippen LogP contribution is 2.27. The highest BCUT2D eigenvalue weighted by molar-refractivity contribution is 5.58. The van der Waals surface area contributed by atoms with Crippen LogP contribution in [-0.4, -0.2) is 62.4 Å². The first kappa shape index (κ1) is 17.1. The second-order valence-corrected chi connectivity index (χ2v) is 6.43. The van der Waals surface area contributed by atoms with Crippen LogP contribution in [0.5, 0.6) is 0 Å². The maximum absolute atomic E-state index is 11.0. The molecule has 0 saturated carbocycles. The van der Waals surface area contributed by atoms with Gasteiger partial charge in [0.25, 0.3) is 5.69 Å². The number of anilines is 1. The van der Waals surface area contributed by atoms with Gasteiger partial charge in [-0.2, -0.15) is 0 Å². The normalized spacial score (nSPS) is 22.0. The number of piperazine rings is 1. The van der Waals surface area contributed by atoms with Gasteiger partial charge in [0.05, 0.1) is 17.6 Å². The number of rotatable bonds is 6. The molecule has 2 saturated heterocycles. The van der Waals surface area contributed by atoms with Gasteiger partial charge < -0.3 is 14.4 Å². The zero-order chi connectivity index (χ0) is 16.9. The number of nitro groups is 1. The van der Waals surface area contributed by atoms with Gasteiger partial charge >= 0.3 is 0 Å². The Labute approximate surface area is 142 Å². The van der Waals surface area contributed by atoms with Crippen LogP contribution in [0.1, 0.15) is 18.4 Å². The number of hydrogen-bond acceptors (Lipinski definition) is 6. The Hall–Kier alpha value is -1.70. The molecule has 1 aromatic carbocycles. The molecular weight excluding hydrogens is 310 g/mol. The van der Waals surface area contributed by atoms with Crippen molar-refractivity contribution in [3.63, 3.8) is 0 Å². The van der Waals surface area contributed by atoms with Crippen molar-refractivity contribution >= 4 is 11.4 Å². The smallest absolute Gasteiger partial charge is 0.269 e. The van der Waals surface area contributed by atoms with E-state index in [-0.39, 0.29) is 10.6 Å². The van der Waals surface area contributed by atoms with Crippen LogP contribution >= 0.6 is 0 Å². The Morgan fingerprint density at radius 1 is 1.33 bits per heavy atom. The molecule has 132 valence electrons. The third-order valence-electron chi connectivity index (χ3n) is 4.77. The molecule has 7 nitrogen and oxygen atoms in total. The molecule has 2 heterocycles. The topological polar surface area (TPSA) is 68.1 Å². The number of hydrogen-bond donors (Lipinski definition) is 0. The fourth-order valence-corrected chi connectivity index (χ4v) is 3.51. The highest BCUT2D eigenvalue weighted by atomic mass is 16.6. The van der Waals surface area contributed by atoms with Crippen molar-refractivity contribution in [3.8, 4) is 0 Å². The standard InChI is InChI=1S/C17H25N3O4/c1-23-13-14-11-15(20(21)22)4-5-17(14)19-8-6-18(7-9-19)12-16-3-2-10-24-16/h4-5,11,16H,2-3,6-10,12-13H2,1H3/t16-/m1/s1. The molecule has 0 amide bonds. The minimum Gasteiger partial charge on any atom is -0.380 e. The van der Waals surface area contributed by atoms with E-state index in [1.54, 1.807) is 19.2 Å². The summed E-state index contributed by atoms with van der Waals surface area (Å²) in [6.07, 6.45) is 2.73. The van der Waals surface area contributed by atoms with Gasteiger partial charge in [-0.1, -0.05) is 0 Å². The molecular formula is C17H25N3O4. The molecule has 24 heavy (non-hydrogen) atoms. The summed E-state index contributed by atoms with van der Waals surface area (Å²) >= 11 is 0. The van der Waals surface area contributed by atoms with E-state index in [2.05, 4.69) is 9.80 Å². The van der Waals surface area contributed by atoms with Crippen LogP contribution < -0.4 is 4.90 Å². The van der Waals surface area contributed by atoms with E-state index >= 15 is 0 Å². The van der Waals surface area contributed by atoms with E-state index in [0.717, 1.165) is 50.6 Å². The van der Waals surface area contributed by atoms with Crippen LogP contribution in [0.25, 0.3) is 0 Å². The molecule has 0 aliphatic carbocycles. The third-order valence-corrected chi connectivity index (χ3v) is 4.77. The summed E-state index contributed by atoms with van der Waals surface area (Å²) < 4.78 is 10.9. The Morgan fingerprint density at radius 3 is 2.75 bits per heavy atom. The SMILES string of the molecule is COCc1cc([N+](=O)[O-])ccc1N1CCN(C[C@H]2CCCO2)CC1. The Morgan fingerprint density at radius 2 is 2.12 bits per heavy atom. The van der Waals surface area contributed by atoms with Crippen molar-refractivity contribution in [3.05, 3.63) is 33.9 Å². The molecule has 0 spiro atoms. The summed E-state index contributed by atoms with van der Waals surface area (Å²) in [5.74, 6) is 0. The minimum absolute atomic E-state index is 0.114. The first-order valence-electron chi connectivity index (χ1n) is 8.52. The molecule has 1 atom stereocenters. The maximum Gasteiger partial charge on any atom is 0.269 e. The summed E-state index contributed by atoms with van der Waals surface area (Å²) in [7, 11) is 1.61. The quantitative estimate of drug-likeness (QED) is 0.585. The molecule has 0 radical (unpaired) electrons. The van der Waals surface area contributed by atoms with Crippen LogP contribution in [0.15, 0.2) is 18.2 Å². The van der Waals surface area contributed by atoms with Gasteiger partial charge in [-0.15, -0.1) is 0 Å². The fourth-order valence-electron chi connectivity index (χ4n) is 3.51. The molecule has 2 fully saturated rings. The van der Waals surface area contributed by atoms with Crippen molar-refractivity contribution < 1.29 is 14.4 Å². The first-order valence-corrected chi connectivity index (χ1v) is 8.52. The molecule has 0 unspecified atom stereocenters. The second-order valence-electron chi connectivity index (χ2n) is 6.43. The minimum atomic E-state index is -0.359. The molecule has 7 heteroatoms. The number of nitro benzene ring substituents is 1. The lowest BCUT2D eigenvalue weighted by Gasteiger charge is -2.37. The van der Waals surface area contributed by atoms with Crippen molar-refractivity contribution in [1.82, 2.24) is 4.90 Å². The van der Waals surface area contributed by atoms with Gasteiger partial charge in [0, 0.05) is 69.8 Å². The second kappa shape index (κ2) is 7.92. The average molecular weight is 335 g/mol. The van der Waals surface area contributed by atoms with Gasteiger partial charge in [-0.25, -0.2) is 0 Å². The number of non-ortho nitro benzene ring substituents is 1. The fraction of sp³-hybridized carbons (Fsp3) is 0.647. The maximum atomic E-state index is 11.0. The first-order chi connectivity index (χ1) is 11.7. The summed E-state index contributed by atoms with van der Waals surface area (Å²) in [5.41, 5.74) is 2.03. The predicted octanol–water partition coefficient (Wildman–Crippen LogP) is 2.04. The Bertz CT molecular complexity index is 567. The van der Waals surface area contributed by atoms with Crippen LogP contribution in [0.2, 0.25) is 0 Å². The monoisotopic (exact) mass is 335 g/mol. The van der Waals surface area contributed by atoms with E-state index in [4.69, 9.17) is 9.47 Å². The van der Waals surface area contributed by atoms with E-state index in [1.807, 2.05) is 6.07 Å². The third kappa shape index (κ3) is 4.03.